The van der Waals surface area contributed by atoms with Gasteiger partial charge in [0.15, 0.2) is 12.4 Å². The van der Waals surface area contributed by atoms with Crippen LogP contribution in [0.15, 0.2) is 35.9 Å². The van der Waals surface area contributed by atoms with Gasteiger partial charge in [0.1, 0.15) is 17.4 Å². The molecular weight excluding hydrogens is 280 g/mol. The maximum atomic E-state index is 12.6. The zero-order valence-corrected chi connectivity index (χ0v) is 12.7. The van der Waals surface area contributed by atoms with Crippen molar-refractivity contribution >= 4 is 17.5 Å². The van der Waals surface area contributed by atoms with Gasteiger partial charge in [-0.1, -0.05) is 50.1 Å². The van der Waals surface area contributed by atoms with Gasteiger partial charge < -0.3 is 9.47 Å². The molecule has 114 valence electrons. The van der Waals surface area contributed by atoms with Crippen LogP contribution in [-0.4, -0.2) is 24.5 Å². The molecule has 4 heteroatoms. The number of Topliss-reactive ketones (excluding diaryl/α,β-unsaturated/α-hetero) is 1. The molecule has 2 rings (SSSR count). The Labute approximate surface area is 130 Å². The zero-order valence-electron chi connectivity index (χ0n) is 12.7. The van der Waals surface area contributed by atoms with Crippen molar-refractivity contribution < 1.29 is 19.1 Å². The van der Waals surface area contributed by atoms with Crippen LogP contribution >= 0.6 is 0 Å². The van der Waals surface area contributed by atoms with Gasteiger partial charge in [-0.05, 0) is 6.42 Å². The fourth-order valence-electron chi connectivity index (χ4n) is 2.43. The summed E-state index contributed by atoms with van der Waals surface area (Å²) in [6, 6.07) is 9.07. The van der Waals surface area contributed by atoms with Gasteiger partial charge in [-0.15, -0.1) is 6.42 Å². The van der Waals surface area contributed by atoms with Crippen LogP contribution in [0.2, 0.25) is 0 Å². The van der Waals surface area contributed by atoms with Crippen LogP contribution in [0.4, 0.5) is 0 Å². The maximum absolute atomic E-state index is 12.6. The second kappa shape index (κ2) is 6.95. The summed E-state index contributed by atoms with van der Waals surface area (Å²) in [5.74, 6) is 1.10. The highest BCUT2D eigenvalue weighted by molar-refractivity contribution is 6.23. The molecule has 2 atom stereocenters. The Morgan fingerprint density at radius 1 is 1.36 bits per heavy atom. The highest BCUT2D eigenvalue weighted by Crippen LogP contribution is 2.33. The number of rotatable bonds is 4. The van der Waals surface area contributed by atoms with E-state index in [1.54, 1.807) is 19.1 Å². The van der Waals surface area contributed by atoms with Crippen LogP contribution in [0.1, 0.15) is 25.8 Å². The van der Waals surface area contributed by atoms with Gasteiger partial charge in [-0.3, -0.25) is 4.79 Å². The SMILES string of the molecule is C#CCOC(=O)C1=C(c2ccccc2)OC(CC)C(C)C1=O. The van der Waals surface area contributed by atoms with Crippen molar-refractivity contribution in [3.63, 3.8) is 0 Å². The highest BCUT2D eigenvalue weighted by Gasteiger charge is 2.39. The van der Waals surface area contributed by atoms with E-state index in [1.807, 2.05) is 25.1 Å². The Morgan fingerprint density at radius 3 is 2.64 bits per heavy atom. The summed E-state index contributed by atoms with van der Waals surface area (Å²) in [6.45, 7) is 3.52. The molecule has 0 fully saturated rings. The lowest BCUT2D eigenvalue weighted by Crippen LogP contribution is -2.37. The average molecular weight is 298 g/mol. The number of ketones is 1. The van der Waals surface area contributed by atoms with E-state index in [0.29, 0.717) is 12.0 Å². The molecule has 0 radical (unpaired) electrons. The van der Waals surface area contributed by atoms with Crippen molar-refractivity contribution in [2.24, 2.45) is 5.92 Å². The lowest BCUT2D eigenvalue weighted by Gasteiger charge is -2.31. The number of terminal acetylenes is 1. The van der Waals surface area contributed by atoms with E-state index in [4.69, 9.17) is 15.9 Å². The molecule has 1 heterocycles. The van der Waals surface area contributed by atoms with Gasteiger partial charge in [0.05, 0.1) is 5.92 Å². The van der Waals surface area contributed by atoms with Crippen LogP contribution in [-0.2, 0) is 19.1 Å². The highest BCUT2D eigenvalue weighted by atomic mass is 16.5. The van der Waals surface area contributed by atoms with Gasteiger partial charge in [-0.25, -0.2) is 4.79 Å². The van der Waals surface area contributed by atoms with Gasteiger partial charge in [0.25, 0.3) is 0 Å². The van der Waals surface area contributed by atoms with Crippen molar-refractivity contribution in [1.29, 1.82) is 0 Å². The fourth-order valence-corrected chi connectivity index (χ4v) is 2.43. The second-order valence-electron chi connectivity index (χ2n) is 5.07. The normalized spacial score (nSPS) is 21.0. The monoisotopic (exact) mass is 298 g/mol. The molecule has 0 saturated carbocycles. The molecule has 2 unspecified atom stereocenters. The summed E-state index contributed by atoms with van der Waals surface area (Å²) in [5, 5.41) is 0. The number of ether oxygens (including phenoxy) is 2. The predicted molar refractivity (Wildman–Crippen MR) is 82.5 cm³/mol. The molecule has 1 aliphatic heterocycles. The number of carbonyl (C=O) groups excluding carboxylic acids is 2. The number of benzene rings is 1. The smallest absolute Gasteiger partial charge is 0.346 e. The van der Waals surface area contributed by atoms with Crippen LogP contribution in [0.25, 0.3) is 5.76 Å². The number of carbonyl (C=O) groups is 2. The average Bonchev–Trinajstić information content (AvgIpc) is 2.55. The van der Waals surface area contributed by atoms with Gasteiger partial charge in [-0.2, -0.15) is 0 Å². The van der Waals surface area contributed by atoms with Crippen molar-refractivity contribution in [2.75, 3.05) is 6.61 Å². The Morgan fingerprint density at radius 2 is 2.05 bits per heavy atom. The standard InChI is InChI=1S/C18H18O4/c1-4-11-21-18(20)15-16(19)12(3)14(5-2)22-17(15)13-9-7-6-8-10-13/h1,6-10,12,14H,5,11H2,2-3H3. The molecule has 0 amide bonds. The quantitative estimate of drug-likeness (QED) is 0.487. The minimum Gasteiger partial charge on any atom is -0.488 e. The summed E-state index contributed by atoms with van der Waals surface area (Å²) >= 11 is 0. The Kier molecular flexibility index (Phi) is 5.00. The first-order valence-electron chi connectivity index (χ1n) is 7.21. The first kappa shape index (κ1) is 15.8. The molecule has 0 N–H and O–H groups in total. The third-order valence-corrected chi connectivity index (χ3v) is 3.64. The van der Waals surface area contributed by atoms with Gasteiger partial charge >= 0.3 is 5.97 Å². The van der Waals surface area contributed by atoms with E-state index in [9.17, 15) is 9.59 Å². The summed E-state index contributed by atoms with van der Waals surface area (Å²) in [5.41, 5.74) is 0.618. The van der Waals surface area contributed by atoms with E-state index in [2.05, 4.69) is 5.92 Å². The maximum Gasteiger partial charge on any atom is 0.346 e. The summed E-state index contributed by atoms with van der Waals surface area (Å²) in [4.78, 5) is 24.8. The Balaban J connectivity index is 2.51. The van der Waals surface area contributed by atoms with E-state index in [-0.39, 0.29) is 29.8 Å². The molecule has 1 aromatic rings. The molecular formula is C18H18O4. The molecule has 4 nitrogen and oxygen atoms in total. The molecule has 0 aromatic heterocycles. The molecule has 0 spiro atoms. The summed E-state index contributed by atoms with van der Waals surface area (Å²) in [6.07, 6.45) is 5.52. The summed E-state index contributed by atoms with van der Waals surface area (Å²) < 4.78 is 10.9. The molecule has 1 aliphatic rings. The molecule has 0 bridgehead atoms. The molecule has 22 heavy (non-hydrogen) atoms. The third kappa shape index (κ3) is 3.04. The number of hydrogen-bond acceptors (Lipinski definition) is 4. The van der Waals surface area contributed by atoms with E-state index >= 15 is 0 Å². The van der Waals surface area contributed by atoms with E-state index in [1.165, 1.54) is 0 Å². The predicted octanol–water partition coefficient (Wildman–Crippen LogP) is 2.59. The van der Waals surface area contributed by atoms with Crippen molar-refractivity contribution in [3.05, 3.63) is 41.5 Å². The zero-order chi connectivity index (χ0) is 16.1. The van der Waals surface area contributed by atoms with Crippen LogP contribution < -0.4 is 0 Å². The van der Waals surface area contributed by atoms with Crippen molar-refractivity contribution in [2.45, 2.75) is 26.4 Å². The first-order valence-corrected chi connectivity index (χ1v) is 7.21. The van der Waals surface area contributed by atoms with Crippen LogP contribution in [0.5, 0.6) is 0 Å². The fraction of sp³-hybridized carbons (Fsp3) is 0.333. The molecule has 0 aliphatic carbocycles. The lowest BCUT2D eigenvalue weighted by atomic mass is 9.88. The topological polar surface area (TPSA) is 52.6 Å². The minimum atomic E-state index is -0.733. The van der Waals surface area contributed by atoms with Crippen molar-refractivity contribution in [3.8, 4) is 12.3 Å². The number of esters is 1. The second-order valence-corrected chi connectivity index (χ2v) is 5.07. The van der Waals surface area contributed by atoms with Gasteiger partial charge in [0.2, 0.25) is 0 Å². The first-order chi connectivity index (χ1) is 10.6. The van der Waals surface area contributed by atoms with Crippen LogP contribution in [0.3, 0.4) is 0 Å². The Hall–Kier alpha value is -2.54. The number of hydrogen-bond donors (Lipinski definition) is 0. The largest absolute Gasteiger partial charge is 0.488 e. The van der Waals surface area contributed by atoms with E-state index < -0.39 is 11.9 Å². The lowest BCUT2D eigenvalue weighted by molar-refractivity contribution is -0.141. The molecule has 0 saturated heterocycles. The van der Waals surface area contributed by atoms with E-state index in [0.717, 1.165) is 0 Å². The van der Waals surface area contributed by atoms with Gasteiger partial charge in [0, 0.05) is 5.56 Å². The van der Waals surface area contributed by atoms with Crippen molar-refractivity contribution in [1.82, 2.24) is 0 Å². The van der Waals surface area contributed by atoms with Crippen LogP contribution in [0, 0.1) is 18.3 Å². The summed E-state index contributed by atoms with van der Waals surface area (Å²) in [7, 11) is 0. The third-order valence-electron chi connectivity index (χ3n) is 3.64. The minimum absolute atomic E-state index is 0.0568. The molecule has 1 aromatic carbocycles. The Bertz CT molecular complexity index is 637.